The van der Waals surface area contributed by atoms with E-state index in [9.17, 15) is 9.59 Å². The van der Waals surface area contributed by atoms with E-state index in [2.05, 4.69) is 24.5 Å². The van der Waals surface area contributed by atoms with E-state index >= 15 is 0 Å². The number of aliphatic carboxylic acids is 1. The average Bonchev–Trinajstić information content (AvgIpc) is 2.31. The van der Waals surface area contributed by atoms with E-state index < -0.39 is 5.97 Å². The first-order chi connectivity index (χ1) is 9.72. The van der Waals surface area contributed by atoms with Gasteiger partial charge in [-0.25, -0.2) is 4.79 Å². The number of carboxylic acid groups (broad SMARTS) is 1. The average molecular weight is 301 g/mol. The minimum Gasteiger partial charge on any atom is -0.481 e. The monoisotopic (exact) mass is 301 g/mol. The summed E-state index contributed by atoms with van der Waals surface area (Å²) in [6.07, 6.45) is 1.66. The van der Waals surface area contributed by atoms with Crippen LogP contribution in [0.5, 0.6) is 0 Å². The summed E-state index contributed by atoms with van der Waals surface area (Å²) in [5.41, 5.74) is 0. The standard InChI is InChI=1S/C15H31N3O3/c1-11(2)13(6-7-14(19)20)8-9-16-15(21)17-12(3)10-18(4)5/h11-13H,6-10H2,1-5H3,(H,19,20)(H2,16,17,21). The van der Waals surface area contributed by atoms with Crippen LogP contribution < -0.4 is 10.6 Å². The normalized spacial score (nSPS) is 14.0. The zero-order valence-corrected chi connectivity index (χ0v) is 14.0. The molecule has 6 nitrogen and oxygen atoms in total. The van der Waals surface area contributed by atoms with Crippen molar-refractivity contribution in [3.8, 4) is 0 Å². The molecule has 124 valence electrons. The van der Waals surface area contributed by atoms with Gasteiger partial charge in [-0.05, 0) is 45.7 Å². The topological polar surface area (TPSA) is 81.7 Å². The second kappa shape index (κ2) is 10.4. The number of carbonyl (C=O) groups excluding carboxylic acids is 1. The van der Waals surface area contributed by atoms with Crippen molar-refractivity contribution >= 4 is 12.0 Å². The molecule has 0 aliphatic carbocycles. The maximum atomic E-state index is 11.7. The molecule has 0 saturated heterocycles. The number of carboxylic acids is 1. The molecule has 0 fully saturated rings. The van der Waals surface area contributed by atoms with Crippen LogP contribution in [0.15, 0.2) is 0 Å². The van der Waals surface area contributed by atoms with Gasteiger partial charge in [-0.3, -0.25) is 4.79 Å². The molecule has 2 amide bonds. The highest BCUT2D eigenvalue weighted by Crippen LogP contribution is 2.20. The number of likely N-dealkylation sites (N-methyl/N-ethyl adjacent to an activating group) is 1. The zero-order valence-electron chi connectivity index (χ0n) is 14.0. The van der Waals surface area contributed by atoms with E-state index in [0.29, 0.717) is 24.8 Å². The van der Waals surface area contributed by atoms with Gasteiger partial charge in [0.2, 0.25) is 0 Å². The van der Waals surface area contributed by atoms with Crippen molar-refractivity contribution in [3.63, 3.8) is 0 Å². The van der Waals surface area contributed by atoms with Gasteiger partial charge in [0, 0.05) is 25.6 Å². The van der Waals surface area contributed by atoms with Crippen LogP contribution in [0.25, 0.3) is 0 Å². The summed E-state index contributed by atoms with van der Waals surface area (Å²) < 4.78 is 0. The van der Waals surface area contributed by atoms with Crippen LogP contribution >= 0.6 is 0 Å². The van der Waals surface area contributed by atoms with Gasteiger partial charge in [0.25, 0.3) is 0 Å². The van der Waals surface area contributed by atoms with Gasteiger partial charge in [-0.15, -0.1) is 0 Å². The van der Waals surface area contributed by atoms with Crippen molar-refractivity contribution in [3.05, 3.63) is 0 Å². The Morgan fingerprint density at radius 1 is 1.14 bits per heavy atom. The molecule has 0 saturated carbocycles. The lowest BCUT2D eigenvalue weighted by atomic mass is 9.88. The molecule has 0 aliphatic heterocycles. The van der Waals surface area contributed by atoms with Crippen molar-refractivity contribution in [2.45, 2.75) is 46.1 Å². The van der Waals surface area contributed by atoms with E-state index in [1.165, 1.54) is 0 Å². The highest BCUT2D eigenvalue weighted by Gasteiger charge is 2.15. The molecule has 6 heteroatoms. The van der Waals surface area contributed by atoms with Gasteiger partial charge in [-0.2, -0.15) is 0 Å². The van der Waals surface area contributed by atoms with Gasteiger partial charge in [0.05, 0.1) is 0 Å². The fourth-order valence-electron chi connectivity index (χ4n) is 2.36. The first-order valence-corrected chi connectivity index (χ1v) is 7.63. The number of nitrogens with zero attached hydrogens (tertiary/aromatic N) is 1. The van der Waals surface area contributed by atoms with Gasteiger partial charge in [-0.1, -0.05) is 13.8 Å². The predicted molar refractivity (Wildman–Crippen MR) is 84.4 cm³/mol. The Morgan fingerprint density at radius 3 is 2.24 bits per heavy atom. The molecule has 0 spiro atoms. The van der Waals surface area contributed by atoms with Crippen molar-refractivity contribution in [2.75, 3.05) is 27.2 Å². The molecule has 21 heavy (non-hydrogen) atoms. The number of urea groups is 1. The molecule has 2 atom stereocenters. The van der Waals surface area contributed by atoms with Gasteiger partial charge < -0.3 is 20.6 Å². The smallest absolute Gasteiger partial charge is 0.315 e. The Labute approximate surface area is 128 Å². The predicted octanol–water partition coefficient (Wildman–Crippen LogP) is 1.76. The zero-order chi connectivity index (χ0) is 16.4. The molecule has 0 rings (SSSR count). The van der Waals surface area contributed by atoms with Crippen molar-refractivity contribution in [2.24, 2.45) is 11.8 Å². The third-order valence-electron chi connectivity index (χ3n) is 3.49. The second-order valence-electron chi connectivity index (χ2n) is 6.29. The third kappa shape index (κ3) is 11.1. The summed E-state index contributed by atoms with van der Waals surface area (Å²) in [7, 11) is 3.93. The minimum atomic E-state index is -0.760. The molecule has 0 aromatic carbocycles. The molecule has 0 aromatic rings. The molecule has 0 radical (unpaired) electrons. The Balaban J connectivity index is 3.97. The van der Waals surface area contributed by atoms with E-state index in [4.69, 9.17) is 5.11 Å². The van der Waals surface area contributed by atoms with Gasteiger partial charge in [0.15, 0.2) is 0 Å². The summed E-state index contributed by atoms with van der Waals surface area (Å²) >= 11 is 0. The molecule has 0 aromatic heterocycles. The fourth-order valence-corrected chi connectivity index (χ4v) is 2.36. The molecule has 0 heterocycles. The Hall–Kier alpha value is -1.30. The summed E-state index contributed by atoms with van der Waals surface area (Å²) in [5, 5.41) is 14.5. The molecule has 0 aliphatic rings. The Kier molecular flexibility index (Phi) is 9.78. The molecule has 2 unspecified atom stereocenters. The summed E-state index contributed by atoms with van der Waals surface area (Å²) in [6.45, 7) is 7.50. The lowest BCUT2D eigenvalue weighted by molar-refractivity contribution is -0.137. The van der Waals surface area contributed by atoms with Crippen LogP contribution in [0.1, 0.15) is 40.0 Å². The second-order valence-corrected chi connectivity index (χ2v) is 6.29. The highest BCUT2D eigenvalue weighted by atomic mass is 16.4. The molecule has 0 bridgehead atoms. The Bertz CT molecular complexity index is 319. The van der Waals surface area contributed by atoms with Gasteiger partial charge in [0.1, 0.15) is 0 Å². The minimum absolute atomic E-state index is 0.0907. The molecular weight excluding hydrogens is 270 g/mol. The first kappa shape index (κ1) is 19.7. The third-order valence-corrected chi connectivity index (χ3v) is 3.49. The molecule has 3 N–H and O–H groups in total. The van der Waals surface area contributed by atoms with Crippen molar-refractivity contribution < 1.29 is 14.7 Å². The lowest BCUT2D eigenvalue weighted by Gasteiger charge is -2.21. The molecular formula is C15H31N3O3. The summed E-state index contributed by atoms with van der Waals surface area (Å²) in [4.78, 5) is 24.4. The SMILES string of the molecule is CC(CN(C)C)NC(=O)NCCC(CCC(=O)O)C(C)C. The maximum Gasteiger partial charge on any atom is 0.315 e. The number of rotatable bonds is 10. The van der Waals surface area contributed by atoms with Crippen LogP contribution in [-0.4, -0.2) is 55.2 Å². The van der Waals surface area contributed by atoms with E-state index in [0.717, 1.165) is 13.0 Å². The first-order valence-electron chi connectivity index (χ1n) is 7.63. The largest absolute Gasteiger partial charge is 0.481 e. The van der Waals surface area contributed by atoms with Crippen LogP contribution in [0.2, 0.25) is 0 Å². The van der Waals surface area contributed by atoms with Gasteiger partial charge >= 0.3 is 12.0 Å². The van der Waals surface area contributed by atoms with Crippen molar-refractivity contribution in [1.82, 2.24) is 15.5 Å². The van der Waals surface area contributed by atoms with E-state index in [-0.39, 0.29) is 18.5 Å². The maximum absolute atomic E-state index is 11.7. The van der Waals surface area contributed by atoms with Crippen LogP contribution in [0.4, 0.5) is 4.79 Å². The fraction of sp³-hybridized carbons (Fsp3) is 0.867. The Morgan fingerprint density at radius 2 is 1.76 bits per heavy atom. The highest BCUT2D eigenvalue weighted by molar-refractivity contribution is 5.74. The van der Waals surface area contributed by atoms with Crippen LogP contribution in [0, 0.1) is 11.8 Å². The van der Waals surface area contributed by atoms with E-state index in [1.54, 1.807) is 0 Å². The number of hydrogen-bond acceptors (Lipinski definition) is 3. The quantitative estimate of drug-likeness (QED) is 0.574. The van der Waals surface area contributed by atoms with Crippen LogP contribution in [-0.2, 0) is 4.79 Å². The summed E-state index contributed by atoms with van der Waals surface area (Å²) in [5.74, 6) is -0.0219. The van der Waals surface area contributed by atoms with E-state index in [1.807, 2.05) is 25.9 Å². The van der Waals surface area contributed by atoms with Crippen molar-refractivity contribution in [1.29, 1.82) is 0 Å². The number of carbonyl (C=O) groups is 2. The van der Waals surface area contributed by atoms with Crippen LogP contribution in [0.3, 0.4) is 0 Å². The number of amides is 2. The summed E-state index contributed by atoms with van der Waals surface area (Å²) in [6, 6.07) is -0.0713. The number of hydrogen-bond donors (Lipinski definition) is 3. The number of nitrogens with one attached hydrogen (secondary N) is 2. The lowest BCUT2D eigenvalue weighted by Crippen LogP contribution is -2.45.